The predicted molar refractivity (Wildman–Crippen MR) is 66.1 cm³/mol. The molecule has 2 rings (SSSR count). The molecule has 1 fully saturated rings. The number of sulfone groups is 1. The lowest BCUT2D eigenvalue weighted by atomic mass is 10.0. The first-order valence-corrected chi connectivity index (χ1v) is 7.53. The quantitative estimate of drug-likeness (QED) is 0.889. The zero-order valence-corrected chi connectivity index (χ0v) is 10.9. The highest BCUT2D eigenvalue weighted by atomic mass is 32.2. The van der Waals surface area contributed by atoms with E-state index >= 15 is 0 Å². The molecule has 0 spiro atoms. The van der Waals surface area contributed by atoms with Gasteiger partial charge in [0.05, 0.1) is 12.0 Å². The molecule has 1 N–H and O–H groups in total. The van der Waals surface area contributed by atoms with Crippen LogP contribution in [0.5, 0.6) is 5.75 Å². The Morgan fingerprint density at radius 3 is 2.71 bits per heavy atom. The minimum Gasteiger partial charge on any atom is -0.496 e. The standard InChI is InChI=1S/C12H17NO3S/c1-16-12-8-9(17(2,14)15)5-6-10(12)11-4-3-7-13-11/h5-6,8,11,13H,3-4,7H2,1-2H3. The fourth-order valence-electron chi connectivity index (χ4n) is 2.16. The highest BCUT2D eigenvalue weighted by Gasteiger charge is 2.21. The number of benzene rings is 1. The molecule has 0 aromatic heterocycles. The van der Waals surface area contributed by atoms with Crippen molar-refractivity contribution >= 4 is 9.84 Å². The molecule has 0 aliphatic carbocycles. The maximum absolute atomic E-state index is 11.5. The zero-order valence-electron chi connectivity index (χ0n) is 10.1. The van der Waals surface area contributed by atoms with Crippen LogP contribution in [0.4, 0.5) is 0 Å². The molecule has 17 heavy (non-hydrogen) atoms. The van der Waals surface area contributed by atoms with Gasteiger partial charge in [0, 0.05) is 17.9 Å². The van der Waals surface area contributed by atoms with Crippen LogP contribution in [0, 0.1) is 0 Å². The van der Waals surface area contributed by atoms with Gasteiger partial charge in [-0.25, -0.2) is 8.42 Å². The second-order valence-corrected chi connectivity index (χ2v) is 6.34. The minimum atomic E-state index is -3.18. The molecule has 1 unspecified atom stereocenters. The average Bonchev–Trinajstić information content (AvgIpc) is 2.80. The van der Waals surface area contributed by atoms with Crippen LogP contribution in [0.25, 0.3) is 0 Å². The second kappa shape index (κ2) is 4.66. The summed E-state index contributed by atoms with van der Waals surface area (Å²) >= 11 is 0. The van der Waals surface area contributed by atoms with E-state index in [0.717, 1.165) is 24.9 Å². The second-order valence-electron chi connectivity index (χ2n) is 4.32. The molecular formula is C12H17NO3S. The van der Waals surface area contributed by atoms with Crippen molar-refractivity contribution in [3.05, 3.63) is 23.8 Å². The summed E-state index contributed by atoms with van der Waals surface area (Å²) in [6.07, 6.45) is 3.41. The minimum absolute atomic E-state index is 0.276. The number of methoxy groups -OCH3 is 1. The summed E-state index contributed by atoms with van der Waals surface area (Å²) in [6.45, 7) is 1.00. The Balaban J connectivity index is 2.41. The van der Waals surface area contributed by atoms with E-state index in [9.17, 15) is 8.42 Å². The number of hydrogen-bond acceptors (Lipinski definition) is 4. The van der Waals surface area contributed by atoms with Gasteiger partial charge >= 0.3 is 0 Å². The van der Waals surface area contributed by atoms with E-state index in [2.05, 4.69) is 5.32 Å². The van der Waals surface area contributed by atoms with Crippen LogP contribution in [-0.4, -0.2) is 28.3 Å². The summed E-state index contributed by atoms with van der Waals surface area (Å²) < 4.78 is 28.2. The number of ether oxygens (including phenoxy) is 1. The van der Waals surface area contributed by atoms with Crippen LogP contribution < -0.4 is 10.1 Å². The van der Waals surface area contributed by atoms with Crippen molar-refractivity contribution in [1.82, 2.24) is 5.32 Å². The highest BCUT2D eigenvalue weighted by Crippen LogP contribution is 2.32. The predicted octanol–water partition coefficient (Wildman–Crippen LogP) is 1.52. The van der Waals surface area contributed by atoms with Crippen molar-refractivity contribution in [2.24, 2.45) is 0 Å². The van der Waals surface area contributed by atoms with Crippen molar-refractivity contribution < 1.29 is 13.2 Å². The smallest absolute Gasteiger partial charge is 0.175 e. The Kier molecular flexibility index (Phi) is 3.40. The SMILES string of the molecule is COc1cc(S(C)(=O)=O)ccc1C1CCCN1. The topological polar surface area (TPSA) is 55.4 Å². The molecule has 4 nitrogen and oxygen atoms in total. The van der Waals surface area contributed by atoms with Crippen LogP contribution in [0.15, 0.2) is 23.1 Å². The van der Waals surface area contributed by atoms with Gasteiger partial charge in [-0.2, -0.15) is 0 Å². The molecule has 5 heteroatoms. The van der Waals surface area contributed by atoms with Gasteiger partial charge in [0.15, 0.2) is 9.84 Å². The van der Waals surface area contributed by atoms with Crippen LogP contribution in [0.2, 0.25) is 0 Å². The van der Waals surface area contributed by atoms with Crippen molar-refractivity contribution in [2.75, 3.05) is 19.9 Å². The van der Waals surface area contributed by atoms with E-state index in [4.69, 9.17) is 4.74 Å². The Hall–Kier alpha value is -1.07. The molecule has 1 aromatic carbocycles. The molecule has 1 aliphatic heterocycles. The third-order valence-corrected chi connectivity index (χ3v) is 4.18. The molecule has 1 aliphatic rings. The first kappa shape index (κ1) is 12.4. The van der Waals surface area contributed by atoms with Gasteiger partial charge in [-0.1, -0.05) is 6.07 Å². The summed E-state index contributed by atoms with van der Waals surface area (Å²) in [5.41, 5.74) is 1.04. The number of hydrogen-bond donors (Lipinski definition) is 1. The lowest BCUT2D eigenvalue weighted by Crippen LogP contribution is -2.14. The van der Waals surface area contributed by atoms with E-state index in [1.165, 1.54) is 6.26 Å². The monoisotopic (exact) mass is 255 g/mol. The van der Waals surface area contributed by atoms with Crippen LogP contribution in [0.3, 0.4) is 0 Å². The fraction of sp³-hybridized carbons (Fsp3) is 0.500. The molecule has 0 bridgehead atoms. The Labute approximate surface area is 102 Å². The van der Waals surface area contributed by atoms with E-state index in [-0.39, 0.29) is 6.04 Å². The first-order chi connectivity index (χ1) is 8.02. The average molecular weight is 255 g/mol. The van der Waals surface area contributed by atoms with Crippen LogP contribution >= 0.6 is 0 Å². The van der Waals surface area contributed by atoms with E-state index in [1.807, 2.05) is 6.07 Å². The molecular weight excluding hydrogens is 238 g/mol. The maximum atomic E-state index is 11.5. The van der Waals surface area contributed by atoms with Gasteiger partial charge < -0.3 is 10.1 Å². The molecule has 1 saturated heterocycles. The molecule has 0 amide bonds. The number of rotatable bonds is 3. The van der Waals surface area contributed by atoms with Crippen LogP contribution in [-0.2, 0) is 9.84 Å². The van der Waals surface area contributed by atoms with E-state index in [0.29, 0.717) is 10.6 Å². The van der Waals surface area contributed by atoms with Gasteiger partial charge in [0.2, 0.25) is 0 Å². The molecule has 94 valence electrons. The van der Waals surface area contributed by atoms with Crippen molar-refractivity contribution in [2.45, 2.75) is 23.8 Å². The van der Waals surface area contributed by atoms with Crippen molar-refractivity contribution in [3.8, 4) is 5.75 Å². The van der Waals surface area contributed by atoms with Gasteiger partial charge in [-0.05, 0) is 31.5 Å². The summed E-state index contributed by atoms with van der Waals surface area (Å²) in [4.78, 5) is 0.302. The van der Waals surface area contributed by atoms with Gasteiger partial charge in [-0.15, -0.1) is 0 Å². The number of nitrogens with one attached hydrogen (secondary N) is 1. The van der Waals surface area contributed by atoms with Crippen LogP contribution in [0.1, 0.15) is 24.4 Å². The first-order valence-electron chi connectivity index (χ1n) is 5.64. The van der Waals surface area contributed by atoms with E-state index in [1.54, 1.807) is 19.2 Å². The fourth-order valence-corrected chi connectivity index (χ4v) is 2.80. The molecule has 0 radical (unpaired) electrons. The normalized spacial score (nSPS) is 20.5. The molecule has 1 aromatic rings. The van der Waals surface area contributed by atoms with Gasteiger partial charge in [0.1, 0.15) is 5.75 Å². The summed E-state index contributed by atoms with van der Waals surface area (Å²) in [5.74, 6) is 0.646. The molecule has 1 heterocycles. The zero-order chi connectivity index (χ0) is 12.5. The van der Waals surface area contributed by atoms with Crippen molar-refractivity contribution in [3.63, 3.8) is 0 Å². The van der Waals surface area contributed by atoms with Crippen molar-refractivity contribution in [1.29, 1.82) is 0 Å². The third kappa shape index (κ3) is 2.61. The lowest BCUT2D eigenvalue weighted by Gasteiger charge is -2.15. The maximum Gasteiger partial charge on any atom is 0.175 e. The van der Waals surface area contributed by atoms with Gasteiger partial charge in [0.25, 0.3) is 0 Å². The Morgan fingerprint density at radius 2 is 2.18 bits per heavy atom. The highest BCUT2D eigenvalue weighted by molar-refractivity contribution is 7.90. The lowest BCUT2D eigenvalue weighted by molar-refractivity contribution is 0.402. The molecule has 0 saturated carbocycles. The summed E-state index contributed by atoms with van der Waals surface area (Å²) in [5, 5.41) is 3.38. The Morgan fingerprint density at radius 1 is 1.41 bits per heavy atom. The van der Waals surface area contributed by atoms with Gasteiger partial charge in [-0.3, -0.25) is 0 Å². The summed E-state index contributed by atoms with van der Waals surface area (Å²) in [6, 6.07) is 5.37. The molecule has 1 atom stereocenters. The largest absolute Gasteiger partial charge is 0.496 e. The van der Waals surface area contributed by atoms with E-state index < -0.39 is 9.84 Å². The Bertz CT molecular complexity index is 504. The third-order valence-electron chi connectivity index (χ3n) is 3.07. The summed E-state index contributed by atoms with van der Waals surface area (Å²) in [7, 11) is -1.61.